The second-order valence-corrected chi connectivity index (χ2v) is 5.01. The molecule has 3 heteroatoms. The van der Waals surface area contributed by atoms with Crippen LogP contribution in [0, 0.1) is 17.2 Å². The standard InChI is InChI=1S/C15H18N2O/c1-12-6-9-17(10-7-12)15(18)14-4-2-3-13(11-14)5-8-16/h2-4,11-12H,5-7,9-10H2,1H3. The number of piperidine rings is 1. The van der Waals surface area contributed by atoms with E-state index in [1.807, 2.05) is 29.2 Å². The number of hydrogen-bond acceptors (Lipinski definition) is 2. The van der Waals surface area contributed by atoms with Crippen LogP contribution in [0.4, 0.5) is 0 Å². The normalized spacial score (nSPS) is 16.3. The molecule has 1 aromatic carbocycles. The van der Waals surface area contributed by atoms with Crippen molar-refractivity contribution >= 4 is 5.91 Å². The molecule has 0 saturated carbocycles. The molecule has 0 N–H and O–H groups in total. The maximum absolute atomic E-state index is 12.3. The molecule has 1 saturated heterocycles. The van der Waals surface area contributed by atoms with Crippen molar-refractivity contribution in [1.29, 1.82) is 5.26 Å². The van der Waals surface area contributed by atoms with Gasteiger partial charge in [-0.3, -0.25) is 4.79 Å². The van der Waals surface area contributed by atoms with Gasteiger partial charge in [0.05, 0.1) is 12.5 Å². The Morgan fingerprint density at radius 1 is 1.44 bits per heavy atom. The number of benzene rings is 1. The van der Waals surface area contributed by atoms with Crippen LogP contribution in [0.5, 0.6) is 0 Å². The molecule has 94 valence electrons. The molecule has 0 unspecified atom stereocenters. The zero-order valence-corrected chi connectivity index (χ0v) is 10.7. The van der Waals surface area contributed by atoms with E-state index in [1.165, 1.54) is 0 Å². The van der Waals surface area contributed by atoms with Gasteiger partial charge >= 0.3 is 0 Å². The van der Waals surface area contributed by atoms with Gasteiger partial charge in [0.15, 0.2) is 0 Å². The number of amides is 1. The van der Waals surface area contributed by atoms with Gasteiger partial charge < -0.3 is 4.90 Å². The molecule has 2 rings (SSSR count). The lowest BCUT2D eigenvalue weighted by Gasteiger charge is -2.30. The van der Waals surface area contributed by atoms with E-state index in [4.69, 9.17) is 5.26 Å². The van der Waals surface area contributed by atoms with Crippen LogP contribution in [0.25, 0.3) is 0 Å². The molecule has 1 aliphatic heterocycles. The van der Waals surface area contributed by atoms with Crippen LogP contribution < -0.4 is 0 Å². The van der Waals surface area contributed by atoms with Gasteiger partial charge in [-0.25, -0.2) is 0 Å². The lowest BCUT2D eigenvalue weighted by atomic mass is 9.98. The molecular weight excluding hydrogens is 224 g/mol. The number of hydrogen-bond donors (Lipinski definition) is 0. The summed E-state index contributed by atoms with van der Waals surface area (Å²) in [4.78, 5) is 14.2. The smallest absolute Gasteiger partial charge is 0.253 e. The Labute approximate surface area is 108 Å². The second kappa shape index (κ2) is 5.68. The zero-order valence-electron chi connectivity index (χ0n) is 10.7. The van der Waals surface area contributed by atoms with Gasteiger partial charge in [-0.15, -0.1) is 0 Å². The number of nitrogens with zero attached hydrogens (tertiary/aromatic N) is 2. The lowest BCUT2D eigenvalue weighted by molar-refractivity contribution is 0.0697. The Balaban J connectivity index is 2.09. The van der Waals surface area contributed by atoms with Crippen molar-refractivity contribution in [3.05, 3.63) is 35.4 Å². The molecule has 0 bridgehead atoms. The average Bonchev–Trinajstić information content (AvgIpc) is 2.39. The number of carbonyl (C=O) groups is 1. The molecular formula is C15H18N2O. The van der Waals surface area contributed by atoms with Crippen LogP contribution >= 0.6 is 0 Å². The average molecular weight is 242 g/mol. The number of likely N-dealkylation sites (tertiary alicyclic amines) is 1. The van der Waals surface area contributed by atoms with Crippen LogP contribution in [-0.4, -0.2) is 23.9 Å². The molecule has 0 aliphatic carbocycles. The Bertz CT molecular complexity index is 468. The third-order valence-corrected chi connectivity index (χ3v) is 3.53. The summed E-state index contributed by atoms with van der Waals surface area (Å²) in [5.41, 5.74) is 1.62. The van der Waals surface area contributed by atoms with Gasteiger partial charge in [0.25, 0.3) is 5.91 Å². The minimum Gasteiger partial charge on any atom is -0.339 e. The Hall–Kier alpha value is -1.82. The highest BCUT2D eigenvalue weighted by Crippen LogP contribution is 2.18. The van der Waals surface area contributed by atoms with Crippen LogP contribution in [0.3, 0.4) is 0 Å². The molecule has 0 aromatic heterocycles. The van der Waals surface area contributed by atoms with E-state index in [2.05, 4.69) is 13.0 Å². The highest BCUT2D eigenvalue weighted by atomic mass is 16.2. The van der Waals surface area contributed by atoms with Gasteiger partial charge in [-0.05, 0) is 36.5 Å². The van der Waals surface area contributed by atoms with Crippen LogP contribution in [0.15, 0.2) is 24.3 Å². The number of rotatable bonds is 2. The maximum Gasteiger partial charge on any atom is 0.253 e. The second-order valence-electron chi connectivity index (χ2n) is 5.01. The van der Waals surface area contributed by atoms with E-state index in [9.17, 15) is 4.79 Å². The van der Waals surface area contributed by atoms with E-state index in [0.717, 1.165) is 37.4 Å². The summed E-state index contributed by atoms with van der Waals surface area (Å²) in [6, 6.07) is 9.52. The fraction of sp³-hybridized carbons (Fsp3) is 0.467. The fourth-order valence-electron chi connectivity index (χ4n) is 2.30. The summed E-state index contributed by atoms with van der Waals surface area (Å²) >= 11 is 0. The van der Waals surface area contributed by atoms with E-state index < -0.39 is 0 Å². The molecule has 0 atom stereocenters. The molecule has 1 aliphatic rings. The van der Waals surface area contributed by atoms with Gasteiger partial charge in [0.2, 0.25) is 0 Å². The summed E-state index contributed by atoms with van der Waals surface area (Å²) in [5.74, 6) is 0.820. The van der Waals surface area contributed by atoms with Gasteiger partial charge in [0, 0.05) is 18.7 Å². The summed E-state index contributed by atoms with van der Waals surface area (Å²) in [6.07, 6.45) is 2.53. The topological polar surface area (TPSA) is 44.1 Å². The summed E-state index contributed by atoms with van der Waals surface area (Å²) in [6.45, 7) is 3.93. The number of nitriles is 1. The first kappa shape index (κ1) is 12.6. The monoisotopic (exact) mass is 242 g/mol. The highest BCUT2D eigenvalue weighted by molar-refractivity contribution is 5.94. The third-order valence-electron chi connectivity index (χ3n) is 3.53. The predicted molar refractivity (Wildman–Crippen MR) is 70.1 cm³/mol. The lowest BCUT2D eigenvalue weighted by Crippen LogP contribution is -2.37. The minimum atomic E-state index is 0.0988. The molecule has 1 heterocycles. The summed E-state index contributed by atoms with van der Waals surface area (Å²) in [5, 5.41) is 8.68. The third kappa shape index (κ3) is 2.89. The maximum atomic E-state index is 12.3. The summed E-state index contributed by atoms with van der Waals surface area (Å²) < 4.78 is 0. The Morgan fingerprint density at radius 2 is 2.17 bits per heavy atom. The van der Waals surface area contributed by atoms with E-state index in [0.29, 0.717) is 12.0 Å². The van der Waals surface area contributed by atoms with Gasteiger partial charge in [-0.2, -0.15) is 5.26 Å². The molecule has 1 fully saturated rings. The van der Waals surface area contributed by atoms with E-state index in [1.54, 1.807) is 0 Å². The van der Waals surface area contributed by atoms with Crippen LogP contribution in [-0.2, 0) is 6.42 Å². The minimum absolute atomic E-state index is 0.0988. The Kier molecular flexibility index (Phi) is 3.99. The van der Waals surface area contributed by atoms with Crippen molar-refractivity contribution in [2.24, 2.45) is 5.92 Å². The van der Waals surface area contributed by atoms with Crippen molar-refractivity contribution in [3.8, 4) is 6.07 Å². The van der Waals surface area contributed by atoms with E-state index >= 15 is 0 Å². The number of carbonyl (C=O) groups excluding carboxylic acids is 1. The first-order valence-electron chi connectivity index (χ1n) is 6.46. The quantitative estimate of drug-likeness (QED) is 0.800. The first-order valence-corrected chi connectivity index (χ1v) is 6.46. The van der Waals surface area contributed by atoms with Crippen LogP contribution in [0.2, 0.25) is 0 Å². The van der Waals surface area contributed by atoms with Crippen molar-refractivity contribution < 1.29 is 4.79 Å². The van der Waals surface area contributed by atoms with Crippen molar-refractivity contribution in [1.82, 2.24) is 4.90 Å². The van der Waals surface area contributed by atoms with E-state index in [-0.39, 0.29) is 5.91 Å². The molecule has 3 nitrogen and oxygen atoms in total. The molecule has 18 heavy (non-hydrogen) atoms. The highest BCUT2D eigenvalue weighted by Gasteiger charge is 2.21. The first-order chi connectivity index (χ1) is 8.70. The predicted octanol–water partition coefficient (Wildman–Crippen LogP) is 2.62. The SMILES string of the molecule is CC1CCN(C(=O)c2cccc(CC#N)c2)CC1. The van der Waals surface area contributed by atoms with Crippen molar-refractivity contribution in [2.75, 3.05) is 13.1 Å². The molecule has 1 aromatic rings. The van der Waals surface area contributed by atoms with Gasteiger partial charge in [0.1, 0.15) is 0 Å². The molecule has 0 radical (unpaired) electrons. The summed E-state index contributed by atoms with van der Waals surface area (Å²) in [7, 11) is 0. The van der Waals surface area contributed by atoms with Crippen molar-refractivity contribution in [3.63, 3.8) is 0 Å². The molecule has 1 amide bonds. The van der Waals surface area contributed by atoms with Crippen LogP contribution in [0.1, 0.15) is 35.7 Å². The largest absolute Gasteiger partial charge is 0.339 e. The zero-order chi connectivity index (χ0) is 13.0. The Morgan fingerprint density at radius 3 is 2.83 bits per heavy atom. The van der Waals surface area contributed by atoms with Crippen molar-refractivity contribution in [2.45, 2.75) is 26.2 Å². The van der Waals surface area contributed by atoms with Gasteiger partial charge in [-0.1, -0.05) is 19.1 Å². The molecule has 0 spiro atoms. The fourth-order valence-corrected chi connectivity index (χ4v) is 2.30.